The van der Waals surface area contributed by atoms with E-state index in [4.69, 9.17) is 4.74 Å². The summed E-state index contributed by atoms with van der Waals surface area (Å²) >= 11 is 0. The number of carbonyl (C=O) groups excluding carboxylic acids is 1. The molecule has 1 unspecified atom stereocenters. The van der Waals surface area contributed by atoms with Gasteiger partial charge in [0.05, 0.1) is 18.2 Å². The zero-order valence-corrected chi connectivity index (χ0v) is 12.7. The van der Waals surface area contributed by atoms with Crippen LogP contribution in [0.5, 0.6) is 5.75 Å². The fourth-order valence-electron chi connectivity index (χ4n) is 2.81. The van der Waals surface area contributed by atoms with Crippen molar-refractivity contribution < 1.29 is 9.53 Å². The van der Waals surface area contributed by atoms with Gasteiger partial charge in [0.15, 0.2) is 0 Å². The fourth-order valence-corrected chi connectivity index (χ4v) is 2.81. The highest BCUT2D eigenvalue weighted by Crippen LogP contribution is 2.36. The van der Waals surface area contributed by atoms with Crippen LogP contribution in [0.25, 0.3) is 0 Å². The lowest BCUT2D eigenvalue weighted by atomic mass is 9.75. The molecule has 1 aliphatic heterocycles. The van der Waals surface area contributed by atoms with Crippen molar-refractivity contribution in [1.82, 2.24) is 5.32 Å². The maximum Gasteiger partial charge on any atom is 0.232 e. The summed E-state index contributed by atoms with van der Waals surface area (Å²) in [5.74, 6) is 1.09. The van der Waals surface area contributed by atoms with Crippen molar-refractivity contribution in [2.45, 2.75) is 27.2 Å². The standard InChI is InChI=1S/C16H24N2O2/c1-11(2)16(7-8-17-10-16)15(19)18-13-6-5-12(3)9-14(13)20-4/h5-6,9,11,17H,7-8,10H2,1-4H3,(H,18,19). The van der Waals surface area contributed by atoms with E-state index in [1.165, 1.54) is 0 Å². The van der Waals surface area contributed by atoms with Crippen molar-refractivity contribution in [3.05, 3.63) is 23.8 Å². The molecule has 1 heterocycles. The molecular formula is C16H24N2O2. The molecule has 0 radical (unpaired) electrons. The number of aryl methyl sites for hydroxylation is 1. The monoisotopic (exact) mass is 276 g/mol. The smallest absolute Gasteiger partial charge is 0.232 e. The first-order valence-corrected chi connectivity index (χ1v) is 7.16. The lowest BCUT2D eigenvalue weighted by molar-refractivity contribution is -0.126. The Bertz CT molecular complexity index is 491. The third-order valence-corrected chi connectivity index (χ3v) is 4.35. The summed E-state index contributed by atoms with van der Waals surface area (Å²) in [6.07, 6.45) is 0.880. The average molecular weight is 276 g/mol. The molecule has 0 aliphatic carbocycles. The minimum atomic E-state index is -0.324. The van der Waals surface area contributed by atoms with E-state index in [0.29, 0.717) is 11.7 Å². The molecule has 0 spiro atoms. The molecule has 1 aromatic carbocycles. The Morgan fingerprint density at radius 1 is 1.45 bits per heavy atom. The Morgan fingerprint density at radius 2 is 2.20 bits per heavy atom. The number of benzene rings is 1. The Morgan fingerprint density at radius 3 is 2.75 bits per heavy atom. The van der Waals surface area contributed by atoms with Gasteiger partial charge in [0.2, 0.25) is 5.91 Å². The first-order valence-electron chi connectivity index (χ1n) is 7.16. The molecule has 110 valence electrons. The molecule has 20 heavy (non-hydrogen) atoms. The number of hydrogen-bond donors (Lipinski definition) is 2. The second-order valence-corrected chi connectivity index (χ2v) is 5.90. The van der Waals surface area contributed by atoms with E-state index in [2.05, 4.69) is 24.5 Å². The largest absolute Gasteiger partial charge is 0.495 e. The molecule has 1 aromatic rings. The Hall–Kier alpha value is -1.55. The molecule has 1 aliphatic rings. The second-order valence-electron chi connectivity index (χ2n) is 5.90. The van der Waals surface area contributed by atoms with Crippen LogP contribution in [-0.2, 0) is 4.79 Å². The van der Waals surface area contributed by atoms with E-state index in [1.807, 2.05) is 25.1 Å². The van der Waals surface area contributed by atoms with Crippen LogP contribution < -0.4 is 15.4 Å². The van der Waals surface area contributed by atoms with Crippen LogP contribution in [0.2, 0.25) is 0 Å². The van der Waals surface area contributed by atoms with Gasteiger partial charge in [0.1, 0.15) is 5.75 Å². The van der Waals surface area contributed by atoms with Crippen LogP contribution in [0.4, 0.5) is 5.69 Å². The Kier molecular flexibility index (Phi) is 4.33. The molecule has 1 atom stereocenters. The van der Waals surface area contributed by atoms with Crippen molar-refractivity contribution in [3.8, 4) is 5.75 Å². The minimum absolute atomic E-state index is 0.0830. The van der Waals surface area contributed by atoms with Gasteiger partial charge in [0.25, 0.3) is 0 Å². The van der Waals surface area contributed by atoms with Gasteiger partial charge in [-0.05, 0) is 43.5 Å². The van der Waals surface area contributed by atoms with Gasteiger partial charge in [-0.3, -0.25) is 4.79 Å². The number of ether oxygens (including phenoxy) is 1. The predicted molar refractivity (Wildman–Crippen MR) is 81.1 cm³/mol. The van der Waals surface area contributed by atoms with Gasteiger partial charge < -0.3 is 15.4 Å². The molecular weight excluding hydrogens is 252 g/mol. The molecule has 1 amide bonds. The van der Waals surface area contributed by atoms with Crippen LogP contribution in [0.3, 0.4) is 0 Å². The van der Waals surface area contributed by atoms with Gasteiger partial charge in [-0.2, -0.15) is 0 Å². The highest BCUT2D eigenvalue weighted by atomic mass is 16.5. The summed E-state index contributed by atoms with van der Waals surface area (Å²) in [6, 6.07) is 5.82. The number of amides is 1. The zero-order valence-electron chi connectivity index (χ0n) is 12.7. The summed E-state index contributed by atoms with van der Waals surface area (Å²) in [6.45, 7) is 7.86. The normalized spacial score (nSPS) is 22.1. The molecule has 1 fully saturated rings. The van der Waals surface area contributed by atoms with Crippen molar-refractivity contribution in [1.29, 1.82) is 0 Å². The first kappa shape index (κ1) is 14.9. The van der Waals surface area contributed by atoms with Crippen molar-refractivity contribution in [2.24, 2.45) is 11.3 Å². The Balaban J connectivity index is 2.23. The van der Waals surface area contributed by atoms with E-state index < -0.39 is 0 Å². The third-order valence-electron chi connectivity index (χ3n) is 4.35. The summed E-state index contributed by atoms with van der Waals surface area (Å²) in [5.41, 5.74) is 1.53. The number of methoxy groups -OCH3 is 1. The lowest BCUT2D eigenvalue weighted by Crippen LogP contribution is -2.42. The van der Waals surface area contributed by atoms with Gasteiger partial charge in [-0.25, -0.2) is 0 Å². The quantitative estimate of drug-likeness (QED) is 0.888. The topological polar surface area (TPSA) is 50.4 Å². The molecule has 2 rings (SSSR count). The number of carbonyl (C=O) groups is 1. The van der Waals surface area contributed by atoms with Crippen LogP contribution in [0.15, 0.2) is 18.2 Å². The number of nitrogens with one attached hydrogen (secondary N) is 2. The lowest BCUT2D eigenvalue weighted by Gasteiger charge is -2.31. The average Bonchev–Trinajstić information content (AvgIpc) is 2.91. The van der Waals surface area contributed by atoms with E-state index in [-0.39, 0.29) is 11.3 Å². The zero-order chi connectivity index (χ0) is 14.8. The van der Waals surface area contributed by atoms with E-state index in [1.54, 1.807) is 7.11 Å². The number of anilines is 1. The van der Waals surface area contributed by atoms with E-state index in [9.17, 15) is 4.79 Å². The van der Waals surface area contributed by atoms with Crippen LogP contribution in [-0.4, -0.2) is 26.1 Å². The summed E-state index contributed by atoms with van der Waals surface area (Å²) in [4.78, 5) is 12.7. The molecule has 4 heteroatoms. The Labute approximate surface area is 120 Å². The van der Waals surface area contributed by atoms with Crippen molar-refractivity contribution in [3.63, 3.8) is 0 Å². The molecule has 0 bridgehead atoms. The molecule has 0 saturated carbocycles. The van der Waals surface area contributed by atoms with Gasteiger partial charge >= 0.3 is 0 Å². The number of hydrogen-bond acceptors (Lipinski definition) is 3. The van der Waals surface area contributed by atoms with E-state index in [0.717, 1.165) is 30.8 Å². The van der Waals surface area contributed by atoms with Crippen molar-refractivity contribution >= 4 is 11.6 Å². The van der Waals surface area contributed by atoms with Crippen molar-refractivity contribution in [2.75, 3.05) is 25.5 Å². The molecule has 0 aromatic heterocycles. The van der Waals surface area contributed by atoms with Gasteiger partial charge in [0, 0.05) is 6.54 Å². The summed E-state index contributed by atoms with van der Waals surface area (Å²) < 4.78 is 5.35. The second kappa shape index (κ2) is 5.83. The fraction of sp³-hybridized carbons (Fsp3) is 0.562. The summed E-state index contributed by atoms with van der Waals surface area (Å²) in [5, 5.41) is 6.36. The van der Waals surface area contributed by atoms with Gasteiger partial charge in [-0.15, -0.1) is 0 Å². The van der Waals surface area contributed by atoms with Crippen LogP contribution in [0, 0.1) is 18.3 Å². The maximum atomic E-state index is 12.7. The molecule has 4 nitrogen and oxygen atoms in total. The third kappa shape index (κ3) is 2.66. The predicted octanol–water partition coefficient (Wildman–Crippen LogP) is 2.58. The van der Waals surface area contributed by atoms with E-state index >= 15 is 0 Å². The highest BCUT2D eigenvalue weighted by molar-refractivity contribution is 5.97. The SMILES string of the molecule is COc1cc(C)ccc1NC(=O)C1(C(C)C)CCNC1. The molecule has 2 N–H and O–H groups in total. The van der Waals surface area contributed by atoms with Crippen LogP contribution in [0.1, 0.15) is 25.8 Å². The maximum absolute atomic E-state index is 12.7. The number of rotatable bonds is 4. The summed E-state index contributed by atoms with van der Waals surface area (Å²) in [7, 11) is 1.62. The first-order chi connectivity index (χ1) is 9.49. The van der Waals surface area contributed by atoms with Crippen LogP contribution >= 0.6 is 0 Å². The molecule has 1 saturated heterocycles. The highest BCUT2D eigenvalue weighted by Gasteiger charge is 2.44. The minimum Gasteiger partial charge on any atom is -0.495 e. The van der Waals surface area contributed by atoms with Gasteiger partial charge in [-0.1, -0.05) is 19.9 Å².